The molecule has 1 amide bonds. The van der Waals surface area contributed by atoms with E-state index in [2.05, 4.69) is 0 Å². The van der Waals surface area contributed by atoms with Crippen LogP contribution in [-0.4, -0.2) is 68.3 Å². The van der Waals surface area contributed by atoms with Crippen LogP contribution in [0.5, 0.6) is 0 Å². The molecule has 1 unspecified atom stereocenters. The molecule has 1 aliphatic heterocycles. The third kappa shape index (κ3) is 7.68. The highest BCUT2D eigenvalue weighted by Crippen LogP contribution is 2.31. The van der Waals surface area contributed by atoms with Crippen LogP contribution < -0.4 is 0 Å². The SMILES string of the molecule is COCCN(CC1CN(Cc2cccc(C(F)(F)F)c2)CCO1)C(=O)c1cccc(C(F)(F)F)c1. The largest absolute Gasteiger partial charge is 0.416 e. The molecule has 192 valence electrons. The number of hydrogen-bond acceptors (Lipinski definition) is 4. The zero-order chi connectivity index (χ0) is 25.6. The van der Waals surface area contributed by atoms with E-state index in [1.54, 1.807) is 6.07 Å². The quantitative estimate of drug-likeness (QED) is 0.489. The number of ether oxygens (including phenoxy) is 2. The topological polar surface area (TPSA) is 42.0 Å². The van der Waals surface area contributed by atoms with Crippen molar-refractivity contribution in [2.24, 2.45) is 0 Å². The van der Waals surface area contributed by atoms with Crippen molar-refractivity contribution >= 4 is 5.91 Å². The molecule has 5 nitrogen and oxygen atoms in total. The van der Waals surface area contributed by atoms with Crippen LogP contribution in [0, 0.1) is 0 Å². The Hall–Kier alpha value is -2.63. The molecule has 1 aliphatic rings. The molecule has 0 saturated carbocycles. The summed E-state index contributed by atoms with van der Waals surface area (Å²) in [4.78, 5) is 16.3. The maximum absolute atomic E-state index is 13.1. The van der Waals surface area contributed by atoms with E-state index in [9.17, 15) is 31.1 Å². The lowest BCUT2D eigenvalue weighted by molar-refractivity contribution is -0.138. The molecule has 3 rings (SSSR count). The van der Waals surface area contributed by atoms with Gasteiger partial charge >= 0.3 is 12.4 Å². The summed E-state index contributed by atoms with van der Waals surface area (Å²) in [7, 11) is 1.45. The van der Waals surface area contributed by atoms with E-state index in [0.717, 1.165) is 24.3 Å². The lowest BCUT2D eigenvalue weighted by Crippen LogP contribution is -2.49. The van der Waals surface area contributed by atoms with Crippen LogP contribution in [0.2, 0.25) is 0 Å². The van der Waals surface area contributed by atoms with Crippen molar-refractivity contribution in [1.82, 2.24) is 9.80 Å². The normalized spacial score (nSPS) is 17.4. The number of benzene rings is 2. The van der Waals surface area contributed by atoms with Gasteiger partial charge in [0.15, 0.2) is 0 Å². The summed E-state index contributed by atoms with van der Waals surface area (Å²) in [5, 5.41) is 0. The Bertz CT molecular complexity index is 996. The van der Waals surface area contributed by atoms with E-state index < -0.39 is 35.5 Å². The van der Waals surface area contributed by atoms with Crippen molar-refractivity contribution in [2.45, 2.75) is 25.0 Å². The Kier molecular flexibility index (Phi) is 8.79. The molecule has 35 heavy (non-hydrogen) atoms. The van der Waals surface area contributed by atoms with Crippen molar-refractivity contribution in [3.05, 3.63) is 70.8 Å². The Morgan fingerprint density at radius 1 is 1.06 bits per heavy atom. The second kappa shape index (κ2) is 11.4. The van der Waals surface area contributed by atoms with Gasteiger partial charge in [0.1, 0.15) is 0 Å². The van der Waals surface area contributed by atoms with Gasteiger partial charge in [-0.2, -0.15) is 26.3 Å². The van der Waals surface area contributed by atoms with Gasteiger partial charge in [-0.15, -0.1) is 0 Å². The summed E-state index contributed by atoms with van der Waals surface area (Å²) >= 11 is 0. The molecule has 0 bridgehead atoms. The number of carbonyl (C=O) groups is 1. The number of carbonyl (C=O) groups excluding carboxylic acids is 1. The molecule has 1 saturated heterocycles. The first-order valence-corrected chi connectivity index (χ1v) is 10.9. The predicted molar refractivity (Wildman–Crippen MR) is 116 cm³/mol. The molecule has 2 aromatic rings. The van der Waals surface area contributed by atoms with Gasteiger partial charge in [0.05, 0.1) is 30.4 Å². The lowest BCUT2D eigenvalue weighted by atomic mass is 10.1. The molecule has 1 fully saturated rings. The Morgan fingerprint density at radius 3 is 2.37 bits per heavy atom. The van der Waals surface area contributed by atoms with Crippen LogP contribution in [-0.2, 0) is 28.4 Å². The zero-order valence-electron chi connectivity index (χ0n) is 19.0. The van der Waals surface area contributed by atoms with Crippen molar-refractivity contribution in [2.75, 3.05) is 46.5 Å². The monoisotopic (exact) mass is 504 g/mol. The van der Waals surface area contributed by atoms with Gasteiger partial charge in [0, 0.05) is 45.4 Å². The van der Waals surface area contributed by atoms with Crippen LogP contribution in [0.1, 0.15) is 27.0 Å². The van der Waals surface area contributed by atoms with Crippen molar-refractivity contribution < 1.29 is 40.6 Å². The van der Waals surface area contributed by atoms with E-state index >= 15 is 0 Å². The second-order valence-corrected chi connectivity index (χ2v) is 8.25. The van der Waals surface area contributed by atoms with Gasteiger partial charge in [-0.3, -0.25) is 9.69 Å². The number of methoxy groups -OCH3 is 1. The molecule has 1 atom stereocenters. The number of nitrogens with zero attached hydrogens (tertiary/aromatic N) is 2. The first-order valence-electron chi connectivity index (χ1n) is 10.9. The average molecular weight is 504 g/mol. The van der Waals surface area contributed by atoms with Crippen molar-refractivity contribution in [3.8, 4) is 0 Å². The van der Waals surface area contributed by atoms with Gasteiger partial charge in [0.25, 0.3) is 5.91 Å². The predicted octanol–water partition coefficient (Wildman–Crippen LogP) is 4.71. The highest BCUT2D eigenvalue weighted by atomic mass is 19.4. The number of halogens is 6. The van der Waals surface area contributed by atoms with Gasteiger partial charge in [-0.1, -0.05) is 24.3 Å². The van der Waals surface area contributed by atoms with Crippen LogP contribution in [0.4, 0.5) is 26.3 Å². The van der Waals surface area contributed by atoms with Gasteiger partial charge < -0.3 is 14.4 Å². The Balaban J connectivity index is 1.69. The first kappa shape index (κ1) is 27.0. The van der Waals surface area contributed by atoms with Crippen LogP contribution in [0.15, 0.2) is 48.5 Å². The molecule has 11 heteroatoms. The van der Waals surface area contributed by atoms with Crippen LogP contribution >= 0.6 is 0 Å². The van der Waals surface area contributed by atoms with E-state index in [1.165, 1.54) is 30.2 Å². The minimum atomic E-state index is -4.58. The maximum Gasteiger partial charge on any atom is 0.416 e. The molecule has 0 spiro atoms. The molecular weight excluding hydrogens is 478 g/mol. The van der Waals surface area contributed by atoms with Gasteiger partial charge in [-0.25, -0.2) is 0 Å². The second-order valence-electron chi connectivity index (χ2n) is 8.25. The smallest absolute Gasteiger partial charge is 0.383 e. The fourth-order valence-electron chi connectivity index (χ4n) is 3.87. The minimum absolute atomic E-state index is 0.0948. The molecular formula is C24H26F6N2O3. The van der Waals surface area contributed by atoms with E-state index in [1.807, 2.05) is 4.90 Å². The van der Waals surface area contributed by atoms with Crippen LogP contribution in [0.25, 0.3) is 0 Å². The summed E-state index contributed by atoms with van der Waals surface area (Å²) in [6.07, 6.45) is -9.49. The molecule has 0 N–H and O–H groups in total. The zero-order valence-corrected chi connectivity index (χ0v) is 19.0. The maximum atomic E-state index is 13.1. The van der Waals surface area contributed by atoms with E-state index in [4.69, 9.17) is 9.47 Å². The molecule has 2 aromatic carbocycles. The van der Waals surface area contributed by atoms with Gasteiger partial charge in [-0.05, 0) is 29.8 Å². The average Bonchev–Trinajstić information content (AvgIpc) is 2.81. The standard InChI is InChI=1S/C24H26F6N2O3/c1-34-10-9-32(22(33)18-5-3-7-20(13-18)24(28,29)30)16-21-15-31(8-11-35-21)14-17-4-2-6-19(12-17)23(25,26)27/h2-7,12-13,21H,8-11,14-16H2,1H3. The highest BCUT2D eigenvalue weighted by molar-refractivity contribution is 5.94. The molecule has 0 radical (unpaired) electrons. The third-order valence-corrected chi connectivity index (χ3v) is 5.60. The molecule has 0 aliphatic carbocycles. The number of alkyl halides is 6. The Labute approximate surface area is 199 Å². The summed E-state index contributed by atoms with van der Waals surface area (Å²) in [6, 6.07) is 9.29. The minimum Gasteiger partial charge on any atom is -0.383 e. The number of hydrogen-bond donors (Lipinski definition) is 0. The summed E-state index contributed by atoms with van der Waals surface area (Å²) in [5.41, 5.74) is -1.25. The van der Waals surface area contributed by atoms with Crippen molar-refractivity contribution in [1.29, 1.82) is 0 Å². The van der Waals surface area contributed by atoms with E-state index in [-0.39, 0.29) is 31.8 Å². The third-order valence-electron chi connectivity index (χ3n) is 5.60. The molecule has 0 aromatic heterocycles. The summed E-state index contributed by atoms with van der Waals surface area (Å²) in [6.45, 7) is 1.81. The summed E-state index contributed by atoms with van der Waals surface area (Å²) in [5.74, 6) is -0.591. The lowest BCUT2D eigenvalue weighted by Gasteiger charge is -2.36. The highest BCUT2D eigenvalue weighted by Gasteiger charge is 2.33. The fraction of sp³-hybridized carbons (Fsp3) is 0.458. The summed E-state index contributed by atoms with van der Waals surface area (Å²) < 4.78 is 89.1. The number of morpholine rings is 1. The Morgan fingerprint density at radius 2 is 1.71 bits per heavy atom. The van der Waals surface area contributed by atoms with E-state index in [0.29, 0.717) is 25.3 Å². The number of amides is 1. The van der Waals surface area contributed by atoms with Crippen LogP contribution in [0.3, 0.4) is 0 Å². The fourth-order valence-corrected chi connectivity index (χ4v) is 3.87. The number of rotatable bonds is 8. The molecule has 1 heterocycles. The first-order chi connectivity index (χ1) is 16.5. The van der Waals surface area contributed by atoms with Crippen molar-refractivity contribution in [3.63, 3.8) is 0 Å². The van der Waals surface area contributed by atoms with Gasteiger partial charge in [0.2, 0.25) is 0 Å².